The Morgan fingerprint density at radius 1 is 1.33 bits per heavy atom. The molecule has 0 amide bonds. The van der Waals surface area contributed by atoms with Gasteiger partial charge in [-0.05, 0) is 19.1 Å². The smallest absolute Gasteiger partial charge is 0.449 e. The van der Waals surface area contributed by atoms with E-state index in [0.29, 0.717) is 4.90 Å². The normalized spacial score (nSPS) is 14.1. The lowest BCUT2D eigenvalue weighted by atomic mass is 10.4. The summed E-state index contributed by atoms with van der Waals surface area (Å²) in [5.74, 6) is -1.01. The van der Waals surface area contributed by atoms with Crippen molar-refractivity contribution in [3.63, 3.8) is 0 Å². The van der Waals surface area contributed by atoms with Gasteiger partial charge in [-0.3, -0.25) is 0 Å². The zero-order chi connectivity index (χ0) is 13.6. The maximum absolute atomic E-state index is 12.7. The fourth-order valence-corrected chi connectivity index (χ4v) is 1.78. The van der Waals surface area contributed by atoms with Crippen LogP contribution in [0.25, 0.3) is 0 Å². The standard InChI is InChI=1S/C13H13F3OS/c1-3-10(2)17-12(13(14,15)16)9-18-11-7-5-4-6-8-11/h3-10H,1H2,2H3/b12-9+. The van der Waals surface area contributed by atoms with E-state index in [2.05, 4.69) is 6.58 Å². The molecule has 1 rings (SSSR count). The van der Waals surface area contributed by atoms with Gasteiger partial charge in [0.15, 0.2) is 0 Å². The molecule has 0 heterocycles. The summed E-state index contributed by atoms with van der Waals surface area (Å²) in [6.07, 6.45) is -3.87. The third kappa shape index (κ3) is 4.87. The highest BCUT2D eigenvalue weighted by Gasteiger charge is 2.36. The first-order chi connectivity index (χ1) is 8.43. The molecule has 1 unspecified atom stereocenters. The molecule has 0 aromatic heterocycles. The first-order valence-electron chi connectivity index (χ1n) is 5.21. The lowest BCUT2D eigenvalue weighted by Crippen LogP contribution is -2.18. The lowest BCUT2D eigenvalue weighted by molar-refractivity contribution is -0.134. The van der Waals surface area contributed by atoms with E-state index >= 15 is 0 Å². The van der Waals surface area contributed by atoms with Crippen LogP contribution in [-0.4, -0.2) is 12.3 Å². The number of ether oxygens (including phenoxy) is 1. The third-order valence-corrected chi connectivity index (χ3v) is 2.85. The fraction of sp³-hybridized carbons (Fsp3) is 0.231. The molecule has 1 aromatic rings. The Kier molecular flexibility index (Phi) is 5.34. The van der Waals surface area contributed by atoms with Crippen molar-refractivity contribution in [3.8, 4) is 0 Å². The van der Waals surface area contributed by atoms with Crippen LogP contribution in [0.2, 0.25) is 0 Å². The van der Waals surface area contributed by atoms with Crippen LogP contribution in [0.1, 0.15) is 6.92 Å². The Morgan fingerprint density at radius 3 is 2.44 bits per heavy atom. The zero-order valence-electron chi connectivity index (χ0n) is 9.78. The molecule has 0 fully saturated rings. The SMILES string of the molecule is C=CC(C)O/C(=C/Sc1ccccc1)C(F)(F)F. The molecule has 0 N–H and O–H groups in total. The van der Waals surface area contributed by atoms with Gasteiger partial charge in [-0.1, -0.05) is 42.6 Å². The van der Waals surface area contributed by atoms with Crippen molar-refractivity contribution in [1.82, 2.24) is 0 Å². The van der Waals surface area contributed by atoms with E-state index < -0.39 is 18.0 Å². The van der Waals surface area contributed by atoms with Gasteiger partial charge in [0.25, 0.3) is 0 Å². The van der Waals surface area contributed by atoms with E-state index in [1.165, 1.54) is 13.0 Å². The summed E-state index contributed by atoms with van der Waals surface area (Å²) in [6, 6.07) is 8.78. The average Bonchev–Trinajstić information content (AvgIpc) is 2.34. The second-order valence-corrected chi connectivity index (χ2v) is 4.41. The van der Waals surface area contributed by atoms with Gasteiger partial charge >= 0.3 is 6.18 Å². The minimum atomic E-state index is -4.50. The predicted molar refractivity (Wildman–Crippen MR) is 67.2 cm³/mol. The molecule has 18 heavy (non-hydrogen) atoms. The largest absolute Gasteiger partial charge is 0.481 e. The summed E-state index contributed by atoms with van der Waals surface area (Å²) >= 11 is 0.967. The molecule has 0 aliphatic carbocycles. The van der Waals surface area contributed by atoms with Gasteiger partial charge in [0.2, 0.25) is 5.76 Å². The molecule has 0 saturated heterocycles. The van der Waals surface area contributed by atoms with Gasteiger partial charge in [-0.25, -0.2) is 0 Å². The topological polar surface area (TPSA) is 9.23 Å². The molecule has 1 atom stereocenters. The van der Waals surface area contributed by atoms with Crippen molar-refractivity contribution in [2.24, 2.45) is 0 Å². The summed E-state index contributed by atoms with van der Waals surface area (Å²) in [5, 5.41) is 0.968. The summed E-state index contributed by atoms with van der Waals surface area (Å²) in [4.78, 5) is 0.717. The van der Waals surface area contributed by atoms with Crippen molar-refractivity contribution >= 4 is 11.8 Å². The number of halogens is 3. The Hall–Kier alpha value is -1.36. The predicted octanol–water partition coefficient (Wildman–Crippen LogP) is 4.77. The molecular weight excluding hydrogens is 261 g/mol. The van der Waals surface area contributed by atoms with Gasteiger partial charge in [-0.15, -0.1) is 0 Å². The number of hydrogen-bond donors (Lipinski definition) is 0. The zero-order valence-corrected chi connectivity index (χ0v) is 10.6. The van der Waals surface area contributed by atoms with Gasteiger partial charge < -0.3 is 4.74 Å². The molecule has 1 aromatic carbocycles. The monoisotopic (exact) mass is 274 g/mol. The van der Waals surface area contributed by atoms with Crippen LogP contribution in [0, 0.1) is 0 Å². The van der Waals surface area contributed by atoms with E-state index in [1.807, 2.05) is 0 Å². The highest BCUT2D eigenvalue weighted by molar-refractivity contribution is 8.02. The molecule has 0 radical (unpaired) electrons. The summed E-state index contributed by atoms with van der Waals surface area (Å²) < 4.78 is 42.8. The van der Waals surface area contributed by atoms with Gasteiger partial charge in [0.05, 0.1) is 0 Å². The number of alkyl halides is 3. The first-order valence-corrected chi connectivity index (χ1v) is 6.09. The summed E-state index contributed by atoms with van der Waals surface area (Å²) in [7, 11) is 0. The average molecular weight is 274 g/mol. The van der Waals surface area contributed by atoms with E-state index in [0.717, 1.165) is 17.2 Å². The van der Waals surface area contributed by atoms with Crippen molar-refractivity contribution in [2.75, 3.05) is 0 Å². The van der Waals surface area contributed by atoms with Gasteiger partial charge in [0, 0.05) is 10.3 Å². The van der Waals surface area contributed by atoms with E-state index in [-0.39, 0.29) is 0 Å². The van der Waals surface area contributed by atoms with Crippen LogP contribution in [0.5, 0.6) is 0 Å². The minimum Gasteiger partial charge on any atom is -0.481 e. The number of rotatable bonds is 5. The van der Waals surface area contributed by atoms with Crippen molar-refractivity contribution in [2.45, 2.75) is 24.1 Å². The Labute approximate surface area is 108 Å². The van der Waals surface area contributed by atoms with Gasteiger partial charge in [-0.2, -0.15) is 13.2 Å². The molecule has 1 nitrogen and oxygen atoms in total. The van der Waals surface area contributed by atoms with Crippen molar-refractivity contribution < 1.29 is 17.9 Å². The van der Waals surface area contributed by atoms with Gasteiger partial charge in [0.1, 0.15) is 6.10 Å². The number of thioether (sulfide) groups is 1. The second-order valence-electron chi connectivity index (χ2n) is 3.47. The summed E-state index contributed by atoms with van der Waals surface area (Å²) in [6.45, 7) is 4.89. The minimum absolute atomic E-state index is 0.686. The summed E-state index contributed by atoms with van der Waals surface area (Å²) in [5.41, 5.74) is 0. The molecule has 0 saturated carbocycles. The highest BCUT2D eigenvalue weighted by Crippen LogP contribution is 2.31. The number of benzene rings is 1. The second kappa shape index (κ2) is 6.54. The quantitative estimate of drug-likeness (QED) is 0.434. The maximum atomic E-state index is 12.7. The van der Waals surface area contributed by atoms with Crippen LogP contribution >= 0.6 is 11.8 Å². The van der Waals surface area contributed by atoms with E-state index in [9.17, 15) is 13.2 Å². The number of allylic oxidation sites excluding steroid dienone is 1. The number of hydrogen-bond acceptors (Lipinski definition) is 2. The maximum Gasteiger partial charge on any atom is 0.449 e. The van der Waals surface area contributed by atoms with Crippen LogP contribution < -0.4 is 0 Å². The van der Waals surface area contributed by atoms with Crippen molar-refractivity contribution in [3.05, 3.63) is 54.2 Å². The molecular formula is C13H13F3OS. The van der Waals surface area contributed by atoms with E-state index in [4.69, 9.17) is 4.74 Å². The Bertz CT molecular complexity index is 412. The van der Waals surface area contributed by atoms with Crippen molar-refractivity contribution in [1.29, 1.82) is 0 Å². The Balaban J connectivity index is 2.80. The molecule has 0 bridgehead atoms. The van der Waals surface area contributed by atoms with Crippen LogP contribution in [0.4, 0.5) is 13.2 Å². The van der Waals surface area contributed by atoms with Crippen LogP contribution in [0.15, 0.2) is 59.0 Å². The fourth-order valence-electron chi connectivity index (χ4n) is 1.03. The molecule has 98 valence electrons. The van der Waals surface area contributed by atoms with Crippen LogP contribution in [-0.2, 0) is 4.74 Å². The lowest BCUT2D eigenvalue weighted by Gasteiger charge is -2.16. The first kappa shape index (κ1) is 14.7. The van der Waals surface area contributed by atoms with E-state index in [1.54, 1.807) is 30.3 Å². The molecule has 0 spiro atoms. The van der Waals surface area contributed by atoms with Crippen LogP contribution in [0.3, 0.4) is 0 Å². The molecule has 0 aliphatic rings. The Morgan fingerprint density at radius 2 is 1.94 bits per heavy atom. The molecule has 5 heteroatoms. The molecule has 0 aliphatic heterocycles. The highest BCUT2D eigenvalue weighted by atomic mass is 32.2. The third-order valence-electron chi connectivity index (χ3n) is 1.97.